The van der Waals surface area contributed by atoms with Gasteiger partial charge in [-0.2, -0.15) is 0 Å². The maximum Gasteiger partial charge on any atom is 0.242 e. The first-order chi connectivity index (χ1) is 8.68. The third-order valence-corrected chi connectivity index (χ3v) is 4.27. The summed E-state index contributed by atoms with van der Waals surface area (Å²) in [7, 11) is -3.52. The van der Waals surface area contributed by atoms with Crippen LogP contribution in [0.5, 0.6) is 0 Å². The Labute approximate surface area is 115 Å². The Morgan fingerprint density at radius 1 is 1.26 bits per heavy atom. The summed E-state index contributed by atoms with van der Waals surface area (Å²) < 4.78 is 27.1. The van der Waals surface area contributed by atoms with Gasteiger partial charge in [-0.3, -0.25) is 0 Å². The van der Waals surface area contributed by atoms with E-state index in [1.165, 1.54) is 0 Å². The van der Waals surface area contributed by atoms with Gasteiger partial charge in [-0.15, -0.1) is 0 Å². The number of benzene rings is 1. The van der Waals surface area contributed by atoms with Gasteiger partial charge < -0.3 is 11.1 Å². The lowest BCUT2D eigenvalue weighted by Gasteiger charge is -2.27. The van der Waals surface area contributed by atoms with Crippen molar-refractivity contribution in [2.75, 3.05) is 11.9 Å². The van der Waals surface area contributed by atoms with Crippen LogP contribution in [0.1, 0.15) is 27.7 Å². The standard InChI is InChI=1S/C13H23N3O2S/c1-10(2)16-19(17,18)12-8-6-5-7-11(12)15-13(3,4)9-14/h5-8,10,15-16H,9,14H2,1-4H3. The fraction of sp³-hybridized carbons (Fsp3) is 0.538. The van der Waals surface area contributed by atoms with Gasteiger partial charge in [0.05, 0.1) is 5.69 Å². The highest BCUT2D eigenvalue weighted by molar-refractivity contribution is 7.89. The first-order valence-electron chi connectivity index (χ1n) is 6.27. The average molecular weight is 285 g/mol. The number of hydrogen-bond acceptors (Lipinski definition) is 4. The Hall–Kier alpha value is -1.11. The Bertz CT molecular complexity index is 524. The van der Waals surface area contributed by atoms with Crippen molar-refractivity contribution in [1.29, 1.82) is 0 Å². The first-order valence-corrected chi connectivity index (χ1v) is 7.76. The summed E-state index contributed by atoms with van der Waals surface area (Å²) >= 11 is 0. The van der Waals surface area contributed by atoms with Gasteiger partial charge in [0.1, 0.15) is 4.90 Å². The minimum atomic E-state index is -3.52. The number of anilines is 1. The molecule has 0 unspecified atom stereocenters. The molecule has 0 bridgehead atoms. The number of rotatable bonds is 6. The van der Waals surface area contributed by atoms with E-state index in [0.717, 1.165) is 0 Å². The normalized spacial score (nSPS) is 12.7. The minimum Gasteiger partial charge on any atom is -0.378 e. The number of nitrogens with two attached hydrogens (primary N) is 1. The summed E-state index contributed by atoms with van der Waals surface area (Å²) in [5, 5.41) is 3.17. The van der Waals surface area contributed by atoms with E-state index in [9.17, 15) is 8.42 Å². The molecule has 6 heteroatoms. The van der Waals surface area contributed by atoms with Crippen molar-refractivity contribution >= 4 is 15.7 Å². The Morgan fingerprint density at radius 2 is 1.84 bits per heavy atom. The lowest BCUT2D eigenvalue weighted by atomic mass is 10.1. The summed E-state index contributed by atoms with van der Waals surface area (Å²) in [4.78, 5) is 0.241. The van der Waals surface area contributed by atoms with Crippen molar-refractivity contribution in [1.82, 2.24) is 4.72 Å². The highest BCUT2D eigenvalue weighted by Crippen LogP contribution is 2.24. The van der Waals surface area contributed by atoms with Crippen LogP contribution in [0.3, 0.4) is 0 Å². The molecule has 0 aliphatic carbocycles. The van der Waals surface area contributed by atoms with E-state index in [2.05, 4.69) is 10.0 Å². The van der Waals surface area contributed by atoms with Crippen LogP contribution in [0.15, 0.2) is 29.2 Å². The van der Waals surface area contributed by atoms with Gasteiger partial charge in [0.25, 0.3) is 0 Å². The van der Waals surface area contributed by atoms with Crippen molar-refractivity contribution in [3.05, 3.63) is 24.3 Å². The molecular formula is C13H23N3O2S. The van der Waals surface area contributed by atoms with E-state index < -0.39 is 10.0 Å². The molecule has 0 spiro atoms. The van der Waals surface area contributed by atoms with Crippen molar-refractivity contribution in [2.24, 2.45) is 5.73 Å². The van der Waals surface area contributed by atoms with Crippen LogP contribution in [0, 0.1) is 0 Å². The predicted molar refractivity (Wildman–Crippen MR) is 78.7 cm³/mol. The number of sulfonamides is 1. The molecule has 1 aromatic rings. The molecule has 108 valence electrons. The summed E-state index contributed by atoms with van der Waals surface area (Å²) in [5.74, 6) is 0. The van der Waals surface area contributed by atoms with Crippen molar-refractivity contribution < 1.29 is 8.42 Å². The largest absolute Gasteiger partial charge is 0.378 e. The van der Waals surface area contributed by atoms with Crippen LogP contribution >= 0.6 is 0 Å². The summed E-state index contributed by atoms with van der Waals surface area (Å²) in [6.45, 7) is 7.83. The lowest BCUT2D eigenvalue weighted by Crippen LogP contribution is -2.40. The topological polar surface area (TPSA) is 84.2 Å². The lowest BCUT2D eigenvalue weighted by molar-refractivity contribution is 0.565. The Kier molecular flexibility index (Phi) is 4.95. The monoisotopic (exact) mass is 285 g/mol. The smallest absolute Gasteiger partial charge is 0.242 e. The van der Waals surface area contributed by atoms with Crippen LogP contribution < -0.4 is 15.8 Å². The van der Waals surface area contributed by atoms with Crippen molar-refractivity contribution in [3.63, 3.8) is 0 Å². The second-order valence-electron chi connectivity index (χ2n) is 5.49. The molecule has 1 aromatic carbocycles. The maximum atomic E-state index is 12.3. The molecular weight excluding hydrogens is 262 g/mol. The van der Waals surface area contributed by atoms with Crippen LogP contribution in [-0.4, -0.2) is 26.5 Å². The SMILES string of the molecule is CC(C)NS(=O)(=O)c1ccccc1NC(C)(C)CN. The number of para-hydroxylation sites is 1. The van der Waals surface area contributed by atoms with Crippen LogP contribution in [0.2, 0.25) is 0 Å². The van der Waals surface area contributed by atoms with E-state index in [4.69, 9.17) is 5.73 Å². The molecule has 0 heterocycles. The fourth-order valence-electron chi connectivity index (χ4n) is 1.59. The second kappa shape index (κ2) is 5.90. The number of nitrogens with one attached hydrogen (secondary N) is 2. The molecule has 4 N–H and O–H groups in total. The van der Waals surface area contributed by atoms with Crippen LogP contribution in [-0.2, 0) is 10.0 Å². The van der Waals surface area contributed by atoms with Gasteiger partial charge in [-0.05, 0) is 39.8 Å². The molecule has 0 atom stereocenters. The summed E-state index contributed by atoms with van der Waals surface area (Å²) in [6, 6.07) is 6.67. The van der Waals surface area contributed by atoms with Crippen LogP contribution in [0.25, 0.3) is 0 Å². The first kappa shape index (κ1) is 15.9. The van der Waals surface area contributed by atoms with Gasteiger partial charge >= 0.3 is 0 Å². The molecule has 0 amide bonds. The third-order valence-electron chi connectivity index (χ3n) is 2.55. The molecule has 0 fully saturated rings. The Morgan fingerprint density at radius 3 is 2.37 bits per heavy atom. The van der Waals surface area contributed by atoms with E-state index in [-0.39, 0.29) is 16.5 Å². The maximum absolute atomic E-state index is 12.3. The Balaban J connectivity index is 3.16. The summed E-state index contributed by atoms with van der Waals surface area (Å²) in [6.07, 6.45) is 0. The second-order valence-corrected chi connectivity index (χ2v) is 7.17. The van der Waals surface area contributed by atoms with E-state index >= 15 is 0 Å². The highest BCUT2D eigenvalue weighted by Gasteiger charge is 2.22. The molecule has 0 aliphatic rings. The van der Waals surface area contributed by atoms with Gasteiger partial charge in [-0.1, -0.05) is 12.1 Å². The zero-order valence-electron chi connectivity index (χ0n) is 11.9. The zero-order valence-corrected chi connectivity index (χ0v) is 12.7. The molecule has 0 saturated heterocycles. The van der Waals surface area contributed by atoms with Crippen molar-refractivity contribution in [3.8, 4) is 0 Å². The molecule has 1 rings (SSSR count). The average Bonchev–Trinajstić information content (AvgIpc) is 2.27. The molecule has 0 aliphatic heterocycles. The zero-order chi connectivity index (χ0) is 14.7. The van der Waals surface area contributed by atoms with Gasteiger partial charge in [0, 0.05) is 18.1 Å². The van der Waals surface area contributed by atoms with Gasteiger partial charge in [0.2, 0.25) is 10.0 Å². The number of hydrogen-bond donors (Lipinski definition) is 3. The predicted octanol–water partition coefficient (Wildman–Crippen LogP) is 1.52. The van der Waals surface area contributed by atoms with E-state index in [0.29, 0.717) is 12.2 Å². The fourth-order valence-corrected chi connectivity index (χ4v) is 3.01. The summed E-state index contributed by atoms with van der Waals surface area (Å²) in [5.41, 5.74) is 5.86. The molecule has 5 nitrogen and oxygen atoms in total. The third kappa shape index (κ3) is 4.49. The van der Waals surface area contributed by atoms with Crippen molar-refractivity contribution in [2.45, 2.75) is 44.2 Å². The quantitative estimate of drug-likeness (QED) is 0.740. The molecule has 0 radical (unpaired) electrons. The van der Waals surface area contributed by atoms with E-state index in [1.807, 2.05) is 13.8 Å². The minimum absolute atomic E-state index is 0.152. The van der Waals surface area contributed by atoms with Gasteiger partial charge in [0.15, 0.2) is 0 Å². The van der Waals surface area contributed by atoms with Crippen LogP contribution in [0.4, 0.5) is 5.69 Å². The molecule has 0 saturated carbocycles. The molecule has 19 heavy (non-hydrogen) atoms. The highest BCUT2D eigenvalue weighted by atomic mass is 32.2. The van der Waals surface area contributed by atoms with Gasteiger partial charge in [-0.25, -0.2) is 13.1 Å². The van der Waals surface area contributed by atoms with E-state index in [1.54, 1.807) is 38.1 Å². The molecule has 0 aromatic heterocycles.